The number of rotatable bonds is 3. The number of Topliss-reactive ketones (excluding diaryl/α,β-unsaturated/α-hetero) is 1. The number of phenols is 1. The van der Waals surface area contributed by atoms with E-state index in [9.17, 15) is 9.90 Å². The Labute approximate surface area is 84.6 Å². The number of hydrogen-bond acceptors (Lipinski definition) is 2. The summed E-state index contributed by atoms with van der Waals surface area (Å²) in [5.41, 5.74) is 2.17. The van der Waals surface area contributed by atoms with E-state index in [2.05, 4.69) is 0 Å². The lowest BCUT2D eigenvalue weighted by Gasteiger charge is -2.10. The predicted molar refractivity (Wildman–Crippen MR) is 56.4 cm³/mol. The average molecular weight is 192 g/mol. The smallest absolute Gasteiger partial charge is 0.132 e. The minimum atomic E-state index is 0.0539. The van der Waals surface area contributed by atoms with Crippen LogP contribution in [0.15, 0.2) is 18.2 Å². The first-order chi connectivity index (χ1) is 6.50. The number of carbonyl (C=O) groups excluding carboxylic acids is 1. The van der Waals surface area contributed by atoms with Gasteiger partial charge in [0.15, 0.2) is 0 Å². The van der Waals surface area contributed by atoms with Gasteiger partial charge in [0.2, 0.25) is 0 Å². The highest BCUT2D eigenvalue weighted by Gasteiger charge is 2.10. The Hall–Kier alpha value is -1.31. The van der Waals surface area contributed by atoms with Crippen LogP contribution in [0.3, 0.4) is 0 Å². The molecule has 1 unspecified atom stereocenters. The molecule has 0 amide bonds. The first-order valence-corrected chi connectivity index (χ1v) is 4.79. The van der Waals surface area contributed by atoms with Gasteiger partial charge < -0.3 is 5.11 Å². The SMILES string of the molecule is CC(=O)C(C)Cc1ccc(O)cc1C. The van der Waals surface area contributed by atoms with Crippen molar-refractivity contribution in [1.29, 1.82) is 0 Å². The Morgan fingerprint density at radius 1 is 1.50 bits per heavy atom. The number of benzene rings is 1. The van der Waals surface area contributed by atoms with Crippen LogP contribution in [-0.4, -0.2) is 10.9 Å². The van der Waals surface area contributed by atoms with Crippen molar-refractivity contribution in [3.63, 3.8) is 0 Å². The van der Waals surface area contributed by atoms with E-state index in [0.29, 0.717) is 0 Å². The highest BCUT2D eigenvalue weighted by atomic mass is 16.3. The second kappa shape index (κ2) is 4.27. The molecule has 0 bridgehead atoms. The number of ketones is 1. The minimum absolute atomic E-state index is 0.0539. The molecule has 0 aliphatic heterocycles. The maximum Gasteiger partial charge on any atom is 0.132 e. The van der Waals surface area contributed by atoms with Crippen molar-refractivity contribution < 1.29 is 9.90 Å². The molecule has 0 aliphatic rings. The molecule has 2 heteroatoms. The lowest BCUT2D eigenvalue weighted by Crippen LogP contribution is -2.10. The summed E-state index contributed by atoms with van der Waals surface area (Å²) in [5, 5.41) is 9.21. The Morgan fingerprint density at radius 2 is 2.14 bits per heavy atom. The van der Waals surface area contributed by atoms with Gasteiger partial charge in [-0.25, -0.2) is 0 Å². The van der Waals surface area contributed by atoms with Crippen molar-refractivity contribution in [3.8, 4) is 5.75 Å². The van der Waals surface area contributed by atoms with Crippen molar-refractivity contribution in [1.82, 2.24) is 0 Å². The standard InChI is InChI=1S/C12H16O2/c1-8(10(3)13)6-11-4-5-12(14)7-9(11)2/h4-5,7-8,14H,6H2,1-3H3. The molecule has 1 rings (SSSR count). The van der Waals surface area contributed by atoms with E-state index in [-0.39, 0.29) is 17.5 Å². The molecule has 1 N–H and O–H groups in total. The van der Waals surface area contributed by atoms with Gasteiger partial charge in [-0.3, -0.25) is 4.79 Å². The summed E-state index contributed by atoms with van der Waals surface area (Å²) in [6, 6.07) is 5.27. The van der Waals surface area contributed by atoms with E-state index in [4.69, 9.17) is 0 Å². The van der Waals surface area contributed by atoms with Crippen molar-refractivity contribution in [2.45, 2.75) is 27.2 Å². The topological polar surface area (TPSA) is 37.3 Å². The third-order valence-corrected chi connectivity index (χ3v) is 2.55. The van der Waals surface area contributed by atoms with Gasteiger partial charge in [0, 0.05) is 5.92 Å². The lowest BCUT2D eigenvalue weighted by atomic mass is 9.95. The van der Waals surface area contributed by atoms with Crippen LogP contribution in [0.2, 0.25) is 0 Å². The maximum atomic E-state index is 11.1. The molecule has 0 fully saturated rings. The normalized spacial score (nSPS) is 12.5. The zero-order valence-electron chi connectivity index (χ0n) is 8.87. The van der Waals surface area contributed by atoms with Crippen molar-refractivity contribution in [2.75, 3.05) is 0 Å². The molecule has 0 spiro atoms. The first-order valence-electron chi connectivity index (χ1n) is 4.79. The summed E-state index contributed by atoms with van der Waals surface area (Å²) in [4.78, 5) is 11.1. The highest BCUT2D eigenvalue weighted by molar-refractivity contribution is 5.78. The minimum Gasteiger partial charge on any atom is -0.508 e. The third kappa shape index (κ3) is 2.59. The number of phenolic OH excluding ortho intramolecular Hbond substituents is 1. The highest BCUT2D eigenvalue weighted by Crippen LogP contribution is 2.18. The molecule has 0 aliphatic carbocycles. The Bertz CT molecular complexity index is 342. The molecule has 0 radical (unpaired) electrons. The fourth-order valence-electron chi connectivity index (χ4n) is 1.38. The van der Waals surface area contributed by atoms with Gasteiger partial charge in [-0.2, -0.15) is 0 Å². The van der Waals surface area contributed by atoms with Gasteiger partial charge in [0.05, 0.1) is 0 Å². The molecule has 0 aromatic heterocycles. The van der Waals surface area contributed by atoms with Gasteiger partial charge in [0.1, 0.15) is 11.5 Å². The predicted octanol–water partition coefficient (Wildman–Crippen LogP) is 2.47. The summed E-state index contributed by atoms with van der Waals surface area (Å²) < 4.78 is 0. The molecule has 0 heterocycles. The number of hydrogen-bond donors (Lipinski definition) is 1. The van der Waals surface area contributed by atoms with Crippen LogP contribution in [0.4, 0.5) is 0 Å². The van der Waals surface area contributed by atoms with E-state index in [1.807, 2.05) is 19.9 Å². The second-order valence-electron chi connectivity index (χ2n) is 3.83. The average Bonchev–Trinajstić information content (AvgIpc) is 2.09. The second-order valence-corrected chi connectivity index (χ2v) is 3.83. The zero-order chi connectivity index (χ0) is 10.7. The Balaban J connectivity index is 2.82. The van der Waals surface area contributed by atoms with Crippen molar-refractivity contribution in [2.24, 2.45) is 5.92 Å². The summed E-state index contributed by atoms with van der Waals surface area (Å²) in [6.07, 6.45) is 0.751. The van der Waals surface area contributed by atoms with Crippen LogP contribution in [0, 0.1) is 12.8 Å². The zero-order valence-corrected chi connectivity index (χ0v) is 8.87. The molecule has 1 aromatic rings. The first kappa shape index (κ1) is 10.8. The molecular formula is C12H16O2. The van der Waals surface area contributed by atoms with Crippen LogP contribution in [0.25, 0.3) is 0 Å². The van der Waals surface area contributed by atoms with Gasteiger partial charge in [-0.1, -0.05) is 13.0 Å². The maximum absolute atomic E-state index is 11.1. The molecular weight excluding hydrogens is 176 g/mol. The number of aryl methyl sites for hydroxylation is 1. The molecule has 76 valence electrons. The van der Waals surface area contributed by atoms with E-state index >= 15 is 0 Å². The molecule has 1 aromatic carbocycles. The van der Waals surface area contributed by atoms with Crippen molar-refractivity contribution in [3.05, 3.63) is 29.3 Å². The molecule has 0 saturated carbocycles. The van der Waals surface area contributed by atoms with E-state index in [1.165, 1.54) is 0 Å². The molecule has 1 atom stereocenters. The van der Waals surface area contributed by atoms with Crippen LogP contribution >= 0.6 is 0 Å². The van der Waals surface area contributed by atoms with Gasteiger partial charge in [0.25, 0.3) is 0 Å². The number of aromatic hydroxyl groups is 1. The van der Waals surface area contributed by atoms with Crippen molar-refractivity contribution >= 4 is 5.78 Å². The van der Waals surface area contributed by atoms with E-state index < -0.39 is 0 Å². The largest absolute Gasteiger partial charge is 0.508 e. The molecule has 2 nitrogen and oxygen atoms in total. The van der Waals surface area contributed by atoms with Crippen LogP contribution in [0.1, 0.15) is 25.0 Å². The quantitative estimate of drug-likeness (QED) is 0.798. The van der Waals surface area contributed by atoms with Crippen LogP contribution in [-0.2, 0) is 11.2 Å². The summed E-state index contributed by atoms with van der Waals surface area (Å²) >= 11 is 0. The molecule has 14 heavy (non-hydrogen) atoms. The summed E-state index contributed by atoms with van der Waals surface area (Å²) in [7, 11) is 0. The fraction of sp³-hybridized carbons (Fsp3) is 0.417. The van der Waals surface area contributed by atoms with E-state index in [1.54, 1.807) is 19.1 Å². The monoisotopic (exact) mass is 192 g/mol. The third-order valence-electron chi connectivity index (χ3n) is 2.55. The number of carbonyl (C=O) groups is 1. The summed E-state index contributed by atoms with van der Waals surface area (Å²) in [6.45, 7) is 5.48. The Kier molecular flexibility index (Phi) is 3.28. The Morgan fingerprint density at radius 3 is 2.64 bits per heavy atom. The lowest BCUT2D eigenvalue weighted by molar-refractivity contribution is -0.120. The van der Waals surface area contributed by atoms with Gasteiger partial charge in [-0.05, 0) is 43.5 Å². The van der Waals surface area contributed by atoms with E-state index in [0.717, 1.165) is 17.5 Å². The van der Waals surface area contributed by atoms with Gasteiger partial charge in [-0.15, -0.1) is 0 Å². The fourth-order valence-corrected chi connectivity index (χ4v) is 1.38. The van der Waals surface area contributed by atoms with Crippen LogP contribution in [0.5, 0.6) is 5.75 Å². The summed E-state index contributed by atoms with van der Waals surface area (Å²) in [5.74, 6) is 0.539. The van der Waals surface area contributed by atoms with Gasteiger partial charge >= 0.3 is 0 Å². The molecule has 0 saturated heterocycles. The van der Waals surface area contributed by atoms with Crippen LogP contribution < -0.4 is 0 Å².